The third-order valence-electron chi connectivity index (χ3n) is 5.97. The highest BCUT2D eigenvalue weighted by Crippen LogP contribution is 2.40. The van der Waals surface area contributed by atoms with Gasteiger partial charge in [0.25, 0.3) is 13.4 Å². The second-order valence-electron chi connectivity index (χ2n) is 10.9. The van der Waals surface area contributed by atoms with Gasteiger partial charge in [-0.05, 0) is 50.8 Å². The van der Waals surface area contributed by atoms with E-state index in [1.165, 1.54) is 20.2 Å². The molecule has 0 spiro atoms. The van der Waals surface area contributed by atoms with Crippen LogP contribution in [-0.4, -0.2) is 56.0 Å². The Bertz CT molecular complexity index is 1370. The van der Waals surface area contributed by atoms with Gasteiger partial charge in [0.2, 0.25) is 0 Å². The van der Waals surface area contributed by atoms with E-state index >= 15 is 0 Å². The zero-order chi connectivity index (χ0) is 29.0. The van der Waals surface area contributed by atoms with Crippen molar-refractivity contribution < 1.29 is 23.6 Å². The standard InChI is InChI=1S/C26H38N7O5P/c1-8-37-24(35)26(6,7)32-39(36,31-23(34)18-9-11-19(12-10-18)25(3,4)5)16-38-17(2)13-33-15-30-20-21(27)28-14-29-22(20)33/h9-12,14-15,17H,8,13,16H2,1-7H3,(H2,27,28,29)(H2,31,32,34,36)/t17-,39?/m1/s1. The van der Waals surface area contributed by atoms with Crippen LogP contribution in [0.1, 0.15) is 64.4 Å². The summed E-state index contributed by atoms with van der Waals surface area (Å²) in [6, 6.07) is 7.08. The van der Waals surface area contributed by atoms with Crippen LogP contribution in [0.25, 0.3) is 11.2 Å². The van der Waals surface area contributed by atoms with Crippen molar-refractivity contribution in [1.82, 2.24) is 29.7 Å². The maximum absolute atomic E-state index is 14.1. The van der Waals surface area contributed by atoms with Crippen LogP contribution in [0.15, 0.2) is 36.9 Å². The Morgan fingerprint density at radius 2 is 1.77 bits per heavy atom. The summed E-state index contributed by atoms with van der Waals surface area (Å²) in [7, 11) is -3.83. The lowest BCUT2D eigenvalue weighted by atomic mass is 9.87. The van der Waals surface area contributed by atoms with Gasteiger partial charge in [-0.25, -0.2) is 20.0 Å². The predicted octanol–water partition coefficient (Wildman–Crippen LogP) is 3.62. The van der Waals surface area contributed by atoms with E-state index in [-0.39, 0.29) is 24.2 Å². The number of esters is 1. The third kappa shape index (κ3) is 7.62. The molecule has 39 heavy (non-hydrogen) atoms. The number of nitrogens with one attached hydrogen (secondary N) is 2. The molecule has 12 nitrogen and oxygen atoms in total. The van der Waals surface area contributed by atoms with Crippen LogP contribution < -0.4 is 15.9 Å². The van der Waals surface area contributed by atoms with Crippen LogP contribution in [0.4, 0.5) is 5.82 Å². The molecule has 0 aliphatic rings. The predicted molar refractivity (Wildman–Crippen MR) is 149 cm³/mol. The van der Waals surface area contributed by atoms with Gasteiger partial charge in [0.15, 0.2) is 11.5 Å². The second kappa shape index (κ2) is 11.8. The topological polar surface area (TPSA) is 163 Å². The number of rotatable bonds is 11. The number of imidazole rings is 1. The van der Waals surface area contributed by atoms with Crippen molar-refractivity contribution in [1.29, 1.82) is 0 Å². The van der Waals surface area contributed by atoms with Crippen molar-refractivity contribution >= 4 is 36.3 Å². The minimum Gasteiger partial charge on any atom is -0.465 e. The van der Waals surface area contributed by atoms with Gasteiger partial charge in [-0.15, -0.1) is 0 Å². The summed E-state index contributed by atoms with van der Waals surface area (Å²) in [5.74, 6) is -0.903. The third-order valence-corrected chi connectivity index (χ3v) is 7.96. The van der Waals surface area contributed by atoms with Gasteiger partial charge < -0.3 is 19.8 Å². The summed E-state index contributed by atoms with van der Waals surface area (Å²) in [6.45, 7) is 13.2. The van der Waals surface area contributed by atoms with E-state index < -0.39 is 31.0 Å². The lowest BCUT2D eigenvalue weighted by Gasteiger charge is -2.31. The fraction of sp³-hybridized carbons (Fsp3) is 0.500. The summed E-state index contributed by atoms with van der Waals surface area (Å²) in [5, 5.41) is 5.40. The molecule has 13 heteroatoms. The minimum atomic E-state index is -3.83. The number of hydrogen-bond acceptors (Lipinski definition) is 9. The Balaban J connectivity index is 1.78. The molecule has 0 bridgehead atoms. The molecule has 0 aliphatic heterocycles. The van der Waals surface area contributed by atoms with Crippen LogP contribution in [0.5, 0.6) is 0 Å². The zero-order valence-electron chi connectivity index (χ0n) is 23.5. The van der Waals surface area contributed by atoms with Gasteiger partial charge >= 0.3 is 5.97 Å². The molecule has 1 unspecified atom stereocenters. The number of benzene rings is 1. The molecule has 0 aliphatic carbocycles. The van der Waals surface area contributed by atoms with Crippen LogP contribution >= 0.6 is 7.44 Å². The van der Waals surface area contributed by atoms with Crippen molar-refractivity contribution in [2.45, 2.75) is 72.1 Å². The van der Waals surface area contributed by atoms with Gasteiger partial charge in [0, 0.05) is 5.56 Å². The molecule has 1 aromatic carbocycles. The molecule has 3 aromatic rings. The highest BCUT2D eigenvalue weighted by molar-refractivity contribution is 7.60. The van der Waals surface area contributed by atoms with Crippen LogP contribution in [0, 0.1) is 0 Å². The largest absolute Gasteiger partial charge is 0.465 e. The van der Waals surface area contributed by atoms with Crippen molar-refractivity contribution in [3.63, 3.8) is 0 Å². The number of nitrogens with two attached hydrogens (primary N) is 1. The molecule has 4 N–H and O–H groups in total. The van der Waals surface area contributed by atoms with E-state index in [4.69, 9.17) is 15.2 Å². The van der Waals surface area contributed by atoms with E-state index in [0.29, 0.717) is 23.3 Å². The molecule has 0 saturated carbocycles. The Kier molecular flexibility index (Phi) is 9.15. The first-order valence-corrected chi connectivity index (χ1v) is 14.6. The average molecular weight is 560 g/mol. The monoisotopic (exact) mass is 559 g/mol. The number of carbonyl (C=O) groups excluding carboxylic acids is 2. The fourth-order valence-electron chi connectivity index (χ4n) is 3.85. The molecular weight excluding hydrogens is 521 g/mol. The average Bonchev–Trinajstić information content (AvgIpc) is 3.26. The minimum absolute atomic E-state index is 0.0855. The van der Waals surface area contributed by atoms with Crippen LogP contribution in [0.3, 0.4) is 0 Å². The molecule has 3 rings (SSSR count). The number of carbonyl (C=O) groups is 2. The van der Waals surface area contributed by atoms with Crippen molar-refractivity contribution in [3.8, 4) is 0 Å². The van der Waals surface area contributed by atoms with E-state index in [9.17, 15) is 14.2 Å². The second-order valence-corrected chi connectivity index (χ2v) is 13.1. The molecule has 1 amide bonds. The summed E-state index contributed by atoms with van der Waals surface area (Å²) in [5.41, 5.74) is 6.80. The Morgan fingerprint density at radius 3 is 2.38 bits per heavy atom. The van der Waals surface area contributed by atoms with Gasteiger partial charge in [0.05, 0.1) is 25.6 Å². The van der Waals surface area contributed by atoms with E-state index in [2.05, 4.69) is 45.9 Å². The van der Waals surface area contributed by atoms with E-state index in [0.717, 1.165) is 5.56 Å². The maximum Gasteiger partial charge on any atom is 0.326 e. The zero-order valence-corrected chi connectivity index (χ0v) is 24.4. The first-order chi connectivity index (χ1) is 18.1. The lowest BCUT2D eigenvalue weighted by molar-refractivity contribution is -0.148. The van der Waals surface area contributed by atoms with E-state index in [1.807, 2.05) is 12.1 Å². The van der Waals surface area contributed by atoms with Gasteiger partial charge in [-0.2, -0.15) is 0 Å². The van der Waals surface area contributed by atoms with Crippen molar-refractivity contribution in [2.75, 3.05) is 18.7 Å². The van der Waals surface area contributed by atoms with Gasteiger partial charge in [0.1, 0.15) is 23.7 Å². The SMILES string of the molecule is CCOC(=O)C(C)(C)NP(=O)(CO[C@H](C)Cn1cnc2c(N)ncnc21)NC(=O)c1ccc(C(C)(C)C)cc1. The smallest absolute Gasteiger partial charge is 0.326 e. The molecule has 0 saturated heterocycles. The molecular formula is C26H38N7O5P. The van der Waals surface area contributed by atoms with Crippen LogP contribution in [0.2, 0.25) is 0 Å². The Labute approximate surface area is 228 Å². The number of nitrogens with zero attached hydrogens (tertiary/aromatic N) is 4. The summed E-state index contributed by atoms with van der Waals surface area (Å²) in [6.07, 6.45) is 2.07. The number of anilines is 1. The van der Waals surface area contributed by atoms with Gasteiger partial charge in [-0.3, -0.25) is 19.2 Å². The summed E-state index contributed by atoms with van der Waals surface area (Å²) in [4.78, 5) is 38.1. The molecule has 212 valence electrons. The summed E-state index contributed by atoms with van der Waals surface area (Å²) >= 11 is 0. The van der Waals surface area contributed by atoms with Crippen LogP contribution in [-0.2, 0) is 30.8 Å². The Hall–Kier alpha value is -3.34. The number of fused-ring (bicyclic) bond motifs is 1. The molecule has 0 radical (unpaired) electrons. The van der Waals surface area contributed by atoms with Crippen molar-refractivity contribution in [2.24, 2.45) is 0 Å². The van der Waals surface area contributed by atoms with Crippen molar-refractivity contribution in [3.05, 3.63) is 48.0 Å². The maximum atomic E-state index is 14.1. The highest BCUT2D eigenvalue weighted by Gasteiger charge is 2.39. The van der Waals surface area contributed by atoms with E-state index in [1.54, 1.807) is 36.9 Å². The molecule has 2 heterocycles. The highest BCUT2D eigenvalue weighted by atomic mass is 31.2. The quantitative estimate of drug-likeness (QED) is 0.233. The number of hydrogen-bond donors (Lipinski definition) is 3. The normalized spacial score (nSPS) is 14.5. The summed E-state index contributed by atoms with van der Waals surface area (Å²) < 4.78 is 26.9. The Morgan fingerprint density at radius 1 is 1.10 bits per heavy atom. The first kappa shape index (κ1) is 30.2. The van der Waals surface area contributed by atoms with Gasteiger partial charge in [-0.1, -0.05) is 32.9 Å². The lowest BCUT2D eigenvalue weighted by Crippen LogP contribution is -2.49. The fourth-order valence-corrected chi connectivity index (χ4v) is 5.95. The molecule has 2 aromatic heterocycles. The number of amides is 1. The molecule has 0 fully saturated rings. The number of nitrogen functional groups attached to an aromatic ring is 1. The first-order valence-electron chi connectivity index (χ1n) is 12.7. The number of ether oxygens (including phenoxy) is 2. The number of aromatic nitrogens is 4. The molecule has 2 atom stereocenters.